The number of benzene rings is 2. The van der Waals surface area contributed by atoms with Gasteiger partial charge in [0.15, 0.2) is 5.58 Å². The average molecular weight is 382 g/mol. The molecule has 7 heteroatoms. The van der Waals surface area contributed by atoms with Gasteiger partial charge in [-0.05, 0) is 42.5 Å². The third-order valence-electron chi connectivity index (χ3n) is 4.59. The first-order valence-electron chi connectivity index (χ1n) is 8.92. The lowest BCUT2D eigenvalue weighted by Gasteiger charge is -2.10. The van der Waals surface area contributed by atoms with Gasteiger partial charge in [0.1, 0.15) is 0 Å². The minimum absolute atomic E-state index is 0.279. The Balaban J connectivity index is 1.58. The lowest BCUT2D eigenvalue weighted by Crippen LogP contribution is -2.13. The highest BCUT2D eigenvalue weighted by Gasteiger charge is 2.15. The van der Waals surface area contributed by atoms with E-state index in [4.69, 9.17) is 4.42 Å². The number of aromatic nitrogens is 3. The number of nitrogens with zero attached hydrogens (tertiary/aromatic N) is 2. The number of carbonyl (C=O) groups is 1. The normalized spacial score (nSPS) is 11.0. The lowest BCUT2D eigenvalue weighted by atomic mass is 10.0. The van der Waals surface area contributed by atoms with Gasteiger partial charge in [-0.25, -0.2) is 9.78 Å². The number of fused-ring (bicyclic) bond motifs is 2. The van der Waals surface area contributed by atoms with E-state index in [2.05, 4.69) is 20.3 Å². The topological polar surface area (TPSA) is 101 Å². The van der Waals surface area contributed by atoms with Gasteiger partial charge < -0.3 is 9.73 Å². The summed E-state index contributed by atoms with van der Waals surface area (Å²) in [6.45, 7) is 0. The third-order valence-corrected chi connectivity index (χ3v) is 4.59. The highest BCUT2D eigenvalue weighted by Crippen LogP contribution is 2.25. The van der Waals surface area contributed by atoms with E-state index in [1.165, 1.54) is 0 Å². The molecule has 2 N–H and O–H groups in total. The maximum atomic E-state index is 13.1. The van der Waals surface area contributed by atoms with Gasteiger partial charge in [0.25, 0.3) is 5.91 Å². The fourth-order valence-corrected chi connectivity index (χ4v) is 3.25. The molecule has 0 fully saturated rings. The molecular formula is C22H14N4O3. The summed E-state index contributed by atoms with van der Waals surface area (Å²) in [6, 6.07) is 17.9. The van der Waals surface area contributed by atoms with Crippen LogP contribution in [0.5, 0.6) is 0 Å². The maximum absolute atomic E-state index is 13.1. The number of rotatable bonds is 3. The molecule has 0 aliphatic carbocycles. The van der Waals surface area contributed by atoms with E-state index in [1.807, 2.05) is 36.4 Å². The van der Waals surface area contributed by atoms with E-state index in [-0.39, 0.29) is 5.91 Å². The van der Waals surface area contributed by atoms with E-state index >= 15 is 0 Å². The number of amides is 1. The number of hydrogen-bond acceptors (Lipinski definition) is 5. The van der Waals surface area contributed by atoms with E-state index < -0.39 is 5.76 Å². The average Bonchev–Trinajstić information content (AvgIpc) is 3.13. The van der Waals surface area contributed by atoms with Crippen LogP contribution in [0.25, 0.3) is 33.3 Å². The van der Waals surface area contributed by atoms with Crippen LogP contribution in [0.3, 0.4) is 0 Å². The molecular weight excluding hydrogens is 368 g/mol. The summed E-state index contributed by atoms with van der Waals surface area (Å²) in [5, 5.41) is 3.63. The molecule has 7 nitrogen and oxygen atoms in total. The van der Waals surface area contributed by atoms with Gasteiger partial charge in [0.2, 0.25) is 0 Å². The Labute approximate surface area is 164 Å². The molecule has 2 aromatic carbocycles. The zero-order valence-corrected chi connectivity index (χ0v) is 15.0. The summed E-state index contributed by atoms with van der Waals surface area (Å²) in [5.41, 5.74) is 4.19. The number of H-pyrrole nitrogens is 1. The molecule has 1 amide bonds. The van der Waals surface area contributed by atoms with Crippen molar-refractivity contribution in [3.05, 3.63) is 89.2 Å². The van der Waals surface area contributed by atoms with Crippen molar-refractivity contribution in [3.63, 3.8) is 0 Å². The first kappa shape index (κ1) is 16.9. The van der Waals surface area contributed by atoms with Gasteiger partial charge in [-0.3, -0.25) is 14.8 Å². The van der Waals surface area contributed by atoms with Crippen LogP contribution in [0.2, 0.25) is 0 Å². The van der Waals surface area contributed by atoms with E-state index in [9.17, 15) is 9.59 Å². The van der Waals surface area contributed by atoms with Gasteiger partial charge in [-0.15, -0.1) is 0 Å². The molecule has 5 rings (SSSR count). The Morgan fingerprint density at radius 2 is 1.93 bits per heavy atom. The van der Waals surface area contributed by atoms with Gasteiger partial charge in [0.05, 0.1) is 22.3 Å². The smallest absolute Gasteiger partial charge is 0.408 e. The van der Waals surface area contributed by atoms with Crippen LogP contribution in [0.4, 0.5) is 5.69 Å². The van der Waals surface area contributed by atoms with Gasteiger partial charge in [-0.2, -0.15) is 0 Å². The Kier molecular flexibility index (Phi) is 3.91. The Hall–Kier alpha value is -4.26. The molecule has 0 saturated heterocycles. The number of hydrogen-bond donors (Lipinski definition) is 2. The van der Waals surface area contributed by atoms with Crippen LogP contribution in [-0.4, -0.2) is 20.9 Å². The predicted molar refractivity (Wildman–Crippen MR) is 110 cm³/mol. The third kappa shape index (κ3) is 3.14. The first-order valence-corrected chi connectivity index (χ1v) is 8.92. The van der Waals surface area contributed by atoms with Gasteiger partial charge in [-0.1, -0.05) is 18.2 Å². The Morgan fingerprint density at radius 3 is 2.79 bits per heavy atom. The Morgan fingerprint density at radius 1 is 1.03 bits per heavy atom. The summed E-state index contributed by atoms with van der Waals surface area (Å²) in [7, 11) is 0. The molecule has 0 aliphatic heterocycles. The van der Waals surface area contributed by atoms with Crippen molar-refractivity contribution in [3.8, 4) is 11.3 Å². The molecule has 5 aromatic rings. The molecule has 29 heavy (non-hydrogen) atoms. The minimum atomic E-state index is -0.537. The molecule has 0 saturated carbocycles. The fourth-order valence-electron chi connectivity index (χ4n) is 3.25. The monoisotopic (exact) mass is 382 g/mol. The fraction of sp³-hybridized carbons (Fsp3) is 0. The second-order valence-electron chi connectivity index (χ2n) is 6.49. The SMILES string of the molecule is O=C(Nc1ccc2oc(=O)[nH]c2c1)c1cc(-c2cccnc2)nc2ccccc12. The van der Waals surface area contributed by atoms with Gasteiger partial charge >= 0.3 is 5.76 Å². The number of pyridine rings is 2. The molecule has 0 unspecified atom stereocenters. The van der Waals surface area contributed by atoms with Crippen LogP contribution < -0.4 is 11.1 Å². The van der Waals surface area contributed by atoms with E-state index in [1.54, 1.807) is 36.7 Å². The molecule has 140 valence electrons. The Bertz CT molecular complexity index is 1420. The second-order valence-corrected chi connectivity index (χ2v) is 6.49. The summed E-state index contributed by atoms with van der Waals surface area (Å²) in [5.74, 6) is -0.816. The predicted octanol–water partition coefficient (Wildman–Crippen LogP) is 3.98. The van der Waals surface area contributed by atoms with Crippen LogP contribution in [-0.2, 0) is 0 Å². The molecule has 3 heterocycles. The second kappa shape index (κ2) is 6.72. The number of para-hydroxylation sites is 1. The van der Waals surface area contributed by atoms with Crippen molar-refractivity contribution >= 4 is 33.6 Å². The van der Waals surface area contributed by atoms with Crippen molar-refractivity contribution in [2.45, 2.75) is 0 Å². The van der Waals surface area contributed by atoms with Crippen LogP contribution >= 0.6 is 0 Å². The van der Waals surface area contributed by atoms with Crippen molar-refractivity contribution in [1.29, 1.82) is 0 Å². The highest BCUT2D eigenvalue weighted by molar-refractivity contribution is 6.13. The molecule has 0 radical (unpaired) electrons. The number of anilines is 1. The van der Waals surface area contributed by atoms with Crippen LogP contribution in [0.15, 0.2) is 82.3 Å². The number of oxazole rings is 1. The zero-order chi connectivity index (χ0) is 19.8. The molecule has 0 aliphatic rings. The maximum Gasteiger partial charge on any atom is 0.417 e. The highest BCUT2D eigenvalue weighted by atomic mass is 16.4. The minimum Gasteiger partial charge on any atom is -0.408 e. The largest absolute Gasteiger partial charge is 0.417 e. The van der Waals surface area contributed by atoms with Crippen LogP contribution in [0, 0.1) is 0 Å². The molecule has 0 atom stereocenters. The molecule has 3 aromatic heterocycles. The molecule has 0 spiro atoms. The number of carbonyl (C=O) groups excluding carboxylic acids is 1. The van der Waals surface area contributed by atoms with Crippen molar-refractivity contribution in [1.82, 2.24) is 15.0 Å². The first-order chi connectivity index (χ1) is 14.2. The quantitative estimate of drug-likeness (QED) is 0.491. The van der Waals surface area contributed by atoms with Crippen molar-refractivity contribution < 1.29 is 9.21 Å². The lowest BCUT2D eigenvalue weighted by molar-refractivity contribution is 0.102. The zero-order valence-electron chi connectivity index (χ0n) is 15.0. The van der Waals surface area contributed by atoms with Gasteiger partial charge in [0, 0.05) is 29.0 Å². The van der Waals surface area contributed by atoms with E-state index in [0.717, 1.165) is 10.9 Å². The van der Waals surface area contributed by atoms with Crippen molar-refractivity contribution in [2.75, 3.05) is 5.32 Å². The van der Waals surface area contributed by atoms with Crippen LogP contribution in [0.1, 0.15) is 10.4 Å². The standard InChI is InChI=1S/C22H14N4O3/c27-21(24-14-7-8-20-19(10-14)26-22(28)29-20)16-11-18(13-4-3-9-23-12-13)25-17-6-2-1-5-15(16)17/h1-12H,(H,24,27)(H,26,28). The van der Waals surface area contributed by atoms with E-state index in [0.29, 0.717) is 33.6 Å². The molecule has 0 bridgehead atoms. The summed E-state index contributed by atoms with van der Waals surface area (Å²) in [6.07, 6.45) is 3.40. The number of nitrogens with one attached hydrogen (secondary N) is 2. The number of aromatic amines is 1. The summed E-state index contributed by atoms with van der Waals surface area (Å²) < 4.78 is 5.00. The summed E-state index contributed by atoms with van der Waals surface area (Å²) >= 11 is 0. The summed E-state index contributed by atoms with van der Waals surface area (Å²) in [4.78, 5) is 35.8. The van der Waals surface area contributed by atoms with Crippen molar-refractivity contribution in [2.24, 2.45) is 0 Å².